The van der Waals surface area contributed by atoms with Gasteiger partial charge in [0.1, 0.15) is 12.2 Å². The molecule has 0 aliphatic heterocycles. The highest BCUT2D eigenvalue weighted by Crippen LogP contribution is 2.21. The van der Waals surface area contributed by atoms with Crippen LogP contribution in [0, 0.1) is 17.1 Å². The highest BCUT2D eigenvalue weighted by Gasteiger charge is 2.10. The molecule has 0 saturated carbocycles. The summed E-state index contributed by atoms with van der Waals surface area (Å²) in [7, 11) is 0. The number of rotatable bonds is 5. The number of amides is 2. The first-order chi connectivity index (χ1) is 11.1. The number of carbonyl (C=O) groups excluding carboxylic acids is 2. The standard InChI is InChI=1S/C17H14FN3O2/c18-13-7-5-12(6-8-13)11-17(23)21-15-4-2-1-3-14(15)20-16(22)9-10-19/h1-8H,9,11H2,(H,20,22)(H,21,23). The predicted molar refractivity (Wildman–Crippen MR) is 84.0 cm³/mol. The first-order valence-corrected chi connectivity index (χ1v) is 6.88. The lowest BCUT2D eigenvalue weighted by molar-refractivity contribution is -0.116. The Morgan fingerprint density at radius 2 is 1.52 bits per heavy atom. The molecule has 0 spiro atoms. The van der Waals surface area contributed by atoms with Gasteiger partial charge in [0.15, 0.2) is 0 Å². The van der Waals surface area contributed by atoms with E-state index in [1.54, 1.807) is 30.3 Å². The smallest absolute Gasteiger partial charge is 0.238 e. The fourth-order valence-corrected chi connectivity index (χ4v) is 1.95. The van der Waals surface area contributed by atoms with Crippen LogP contribution in [0.2, 0.25) is 0 Å². The van der Waals surface area contributed by atoms with Crippen molar-refractivity contribution in [1.29, 1.82) is 5.26 Å². The Bertz CT molecular complexity index is 751. The topological polar surface area (TPSA) is 82.0 Å². The molecule has 0 aromatic heterocycles. The van der Waals surface area contributed by atoms with Gasteiger partial charge < -0.3 is 10.6 Å². The lowest BCUT2D eigenvalue weighted by atomic mass is 10.1. The predicted octanol–water partition coefficient (Wildman–Crippen LogP) is 2.86. The van der Waals surface area contributed by atoms with Crippen LogP contribution in [0.5, 0.6) is 0 Å². The van der Waals surface area contributed by atoms with Crippen LogP contribution in [0.25, 0.3) is 0 Å². The molecule has 0 unspecified atom stereocenters. The van der Waals surface area contributed by atoms with E-state index in [2.05, 4.69) is 10.6 Å². The van der Waals surface area contributed by atoms with Gasteiger partial charge in [-0.1, -0.05) is 24.3 Å². The number of halogens is 1. The van der Waals surface area contributed by atoms with E-state index in [-0.39, 0.29) is 24.6 Å². The average molecular weight is 311 g/mol. The number of nitriles is 1. The van der Waals surface area contributed by atoms with E-state index in [0.717, 1.165) is 0 Å². The van der Waals surface area contributed by atoms with Gasteiger partial charge in [0.05, 0.1) is 23.9 Å². The molecule has 6 heteroatoms. The van der Waals surface area contributed by atoms with Crippen LogP contribution >= 0.6 is 0 Å². The number of benzene rings is 2. The molecular weight excluding hydrogens is 297 g/mol. The van der Waals surface area contributed by atoms with Gasteiger partial charge in [-0.15, -0.1) is 0 Å². The van der Waals surface area contributed by atoms with Crippen molar-refractivity contribution in [3.63, 3.8) is 0 Å². The van der Waals surface area contributed by atoms with Crippen LogP contribution in [0.4, 0.5) is 15.8 Å². The number of anilines is 2. The summed E-state index contributed by atoms with van der Waals surface area (Å²) in [6.45, 7) is 0. The highest BCUT2D eigenvalue weighted by molar-refractivity contribution is 6.00. The van der Waals surface area contributed by atoms with E-state index in [1.165, 1.54) is 24.3 Å². The molecule has 0 saturated heterocycles. The van der Waals surface area contributed by atoms with Crippen LogP contribution in [0.1, 0.15) is 12.0 Å². The molecule has 0 radical (unpaired) electrons. The summed E-state index contributed by atoms with van der Waals surface area (Å²) in [6.07, 6.45) is -0.182. The van der Waals surface area contributed by atoms with Gasteiger partial charge in [0.25, 0.3) is 0 Å². The second-order valence-electron chi connectivity index (χ2n) is 4.78. The number of nitrogens with zero attached hydrogens (tertiary/aromatic N) is 1. The van der Waals surface area contributed by atoms with Gasteiger partial charge in [-0.05, 0) is 29.8 Å². The second-order valence-corrected chi connectivity index (χ2v) is 4.78. The van der Waals surface area contributed by atoms with Crippen molar-refractivity contribution in [2.75, 3.05) is 10.6 Å². The Morgan fingerprint density at radius 1 is 0.957 bits per heavy atom. The molecule has 2 amide bonds. The molecule has 0 aliphatic rings. The van der Waals surface area contributed by atoms with E-state index in [9.17, 15) is 14.0 Å². The van der Waals surface area contributed by atoms with Crippen molar-refractivity contribution in [2.24, 2.45) is 0 Å². The Kier molecular flexibility index (Phi) is 5.42. The minimum atomic E-state index is -0.451. The fraction of sp³-hybridized carbons (Fsp3) is 0.118. The van der Waals surface area contributed by atoms with Crippen molar-refractivity contribution < 1.29 is 14.0 Å². The SMILES string of the molecule is N#CCC(=O)Nc1ccccc1NC(=O)Cc1ccc(F)cc1. The second kappa shape index (κ2) is 7.71. The minimum Gasteiger partial charge on any atom is -0.324 e. The normalized spacial score (nSPS) is 9.74. The van der Waals surface area contributed by atoms with Gasteiger partial charge in [-0.25, -0.2) is 4.39 Å². The average Bonchev–Trinajstić information content (AvgIpc) is 2.52. The first-order valence-electron chi connectivity index (χ1n) is 6.88. The van der Waals surface area contributed by atoms with Crippen molar-refractivity contribution in [3.05, 3.63) is 59.9 Å². The number of nitrogens with one attached hydrogen (secondary N) is 2. The lowest BCUT2D eigenvalue weighted by Crippen LogP contribution is -2.17. The largest absolute Gasteiger partial charge is 0.324 e. The zero-order chi connectivity index (χ0) is 16.7. The Hall–Kier alpha value is -3.20. The van der Waals surface area contributed by atoms with Crippen LogP contribution in [0.15, 0.2) is 48.5 Å². The number of para-hydroxylation sites is 2. The van der Waals surface area contributed by atoms with Crippen molar-refractivity contribution in [3.8, 4) is 6.07 Å². The maximum atomic E-state index is 12.8. The quantitative estimate of drug-likeness (QED) is 0.890. The van der Waals surface area contributed by atoms with Gasteiger partial charge in [-0.3, -0.25) is 9.59 Å². The summed E-state index contributed by atoms with van der Waals surface area (Å²) in [5.41, 5.74) is 1.53. The maximum absolute atomic E-state index is 12.8. The molecule has 2 rings (SSSR count). The molecule has 0 aliphatic carbocycles. The van der Waals surface area contributed by atoms with E-state index in [4.69, 9.17) is 5.26 Å². The summed E-state index contributed by atoms with van der Waals surface area (Å²) in [5.74, 6) is -1.11. The molecule has 23 heavy (non-hydrogen) atoms. The van der Waals surface area contributed by atoms with Crippen molar-refractivity contribution in [1.82, 2.24) is 0 Å². The summed E-state index contributed by atoms with van der Waals surface area (Å²) in [5, 5.41) is 13.8. The van der Waals surface area contributed by atoms with Crippen LogP contribution in [-0.2, 0) is 16.0 Å². The molecule has 2 aromatic rings. The number of hydrogen-bond acceptors (Lipinski definition) is 3. The number of hydrogen-bond donors (Lipinski definition) is 2. The monoisotopic (exact) mass is 311 g/mol. The molecule has 116 valence electrons. The minimum absolute atomic E-state index is 0.0841. The molecule has 2 aromatic carbocycles. The zero-order valence-corrected chi connectivity index (χ0v) is 12.2. The number of carbonyl (C=O) groups is 2. The van der Waals surface area contributed by atoms with E-state index in [1.807, 2.05) is 0 Å². The van der Waals surface area contributed by atoms with Crippen molar-refractivity contribution >= 4 is 23.2 Å². The molecule has 0 atom stereocenters. The Labute approximate surface area is 132 Å². The molecule has 0 bridgehead atoms. The lowest BCUT2D eigenvalue weighted by Gasteiger charge is -2.11. The third-order valence-electron chi connectivity index (χ3n) is 2.99. The van der Waals surface area contributed by atoms with Gasteiger partial charge in [-0.2, -0.15) is 5.26 Å². The Balaban J connectivity index is 2.04. The molecule has 0 heterocycles. The zero-order valence-electron chi connectivity index (χ0n) is 12.2. The van der Waals surface area contributed by atoms with E-state index in [0.29, 0.717) is 16.9 Å². The van der Waals surface area contributed by atoms with Gasteiger partial charge in [0, 0.05) is 0 Å². The fourth-order valence-electron chi connectivity index (χ4n) is 1.95. The van der Waals surface area contributed by atoms with Crippen LogP contribution in [-0.4, -0.2) is 11.8 Å². The van der Waals surface area contributed by atoms with E-state index < -0.39 is 5.91 Å². The van der Waals surface area contributed by atoms with Crippen LogP contribution in [0.3, 0.4) is 0 Å². The summed E-state index contributed by atoms with van der Waals surface area (Å²) < 4.78 is 12.8. The first kappa shape index (κ1) is 16.2. The molecule has 0 fully saturated rings. The molecule has 5 nitrogen and oxygen atoms in total. The summed E-state index contributed by atoms with van der Waals surface area (Å²) in [4.78, 5) is 23.6. The van der Waals surface area contributed by atoms with Gasteiger partial charge >= 0.3 is 0 Å². The highest BCUT2D eigenvalue weighted by atomic mass is 19.1. The van der Waals surface area contributed by atoms with E-state index >= 15 is 0 Å². The van der Waals surface area contributed by atoms with Crippen molar-refractivity contribution in [2.45, 2.75) is 12.8 Å². The third-order valence-corrected chi connectivity index (χ3v) is 2.99. The van der Waals surface area contributed by atoms with Gasteiger partial charge in [0.2, 0.25) is 11.8 Å². The maximum Gasteiger partial charge on any atom is 0.238 e. The Morgan fingerprint density at radius 3 is 2.09 bits per heavy atom. The molecule has 2 N–H and O–H groups in total. The van der Waals surface area contributed by atoms with Crippen LogP contribution < -0.4 is 10.6 Å². The molecular formula is C17H14FN3O2. The third kappa shape index (κ3) is 4.93. The summed E-state index contributed by atoms with van der Waals surface area (Å²) in [6, 6.07) is 14.1. The summed E-state index contributed by atoms with van der Waals surface area (Å²) >= 11 is 0.